The second-order valence-electron chi connectivity index (χ2n) is 8.08. The van der Waals surface area contributed by atoms with E-state index in [2.05, 4.69) is 44.5 Å². The van der Waals surface area contributed by atoms with Crippen LogP contribution in [-0.2, 0) is 6.42 Å². The fourth-order valence-electron chi connectivity index (χ4n) is 3.76. The van der Waals surface area contributed by atoms with Crippen molar-refractivity contribution in [1.82, 2.24) is 19.9 Å². The number of allylic oxidation sites excluding steroid dienone is 1. The Balaban J connectivity index is 1.53. The van der Waals surface area contributed by atoms with Gasteiger partial charge in [0.1, 0.15) is 0 Å². The average Bonchev–Trinajstić information content (AvgIpc) is 3.46. The lowest BCUT2D eigenvalue weighted by atomic mass is 9.99. The van der Waals surface area contributed by atoms with E-state index in [1.165, 1.54) is 18.4 Å². The number of H-pyrrole nitrogens is 1. The summed E-state index contributed by atoms with van der Waals surface area (Å²) in [6, 6.07) is 8.13. The second-order valence-corrected chi connectivity index (χ2v) is 8.08. The third kappa shape index (κ3) is 3.58. The van der Waals surface area contributed by atoms with Crippen molar-refractivity contribution in [3.8, 4) is 11.3 Å². The van der Waals surface area contributed by atoms with Crippen LogP contribution in [0.3, 0.4) is 0 Å². The van der Waals surface area contributed by atoms with Crippen molar-refractivity contribution in [2.24, 2.45) is 0 Å². The number of aromatic nitrogens is 4. The number of hydrogen-bond donors (Lipinski definition) is 2. The predicted molar refractivity (Wildman–Crippen MR) is 114 cm³/mol. The van der Waals surface area contributed by atoms with Crippen LogP contribution < -0.4 is 10.9 Å². The van der Waals surface area contributed by atoms with Gasteiger partial charge in [0.2, 0.25) is 5.95 Å². The standard InChI is InChI=1S/C23H23N5O/c1-13(2)25-23-27-19(10-22(29)28-23)17-8-7-14-3-6-16(9-18(14)17)21-12-24-11-20(26-21)15-4-5-15/h3,6,8-13,15H,4-5,7H2,1-2H3,(H2,25,27,28,29). The van der Waals surface area contributed by atoms with E-state index in [1.54, 1.807) is 6.07 Å². The number of fused-ring (bicyclic) bond motifs is 1. The molecule has 2 aromatic heterocycles. The van der Waals surface area contributed by atoms with E-state index in [0.29, 0.717) is 17.6 Å². The van der Waals surface area contributed by atoms with E-state index >= 15 is 0 Å². The van der Waals surface area contributed by atoms with E-state index in [-0.39, 0.29) is 11.6 Å². The number of aromatic amines is 1. The fraction of sp³-hybridized carbons (Fsp3) is 0.304. The second kappa shape index (κ2) is 6.95. The van der Waals surface area contributed by atoms with E-state index in [4.69, 9.17) is 4.98 Å². The van der Waals surface area contributed by atoms with Gasteiger partial charge in [-0.3, -0.25) is 14.8 Å². The van der Waals surface area contributed by atoms with Crippen molar-refractivity contribution in [3.05, 3.63) is 75.6 Å². The van der Waals surface area contributed by atoms with Crippen LogP contribution in [0.4, 0.5) is 5.95 Å². The Bertz CT molecular complexity index is 1170. The minimum absolute atomic E-state index is 0.161. The highest BCUT2D eigenvalue weighted by molar-refractivity contribution is 5.85. The van der Waals surface area contributed by atoms with E-state index in [0.717, 1.165) is 34.5 Å². The Morgan fingerprint density at radius 2 is 1.97 bits per heavy atom. The number of benzene rings is 1. The zero-order valence-electron chi connectivity index (χ0n) is 16.6. The van der Waals surface area contributed by atoms with Crippen molar-refractivity contribution in [2.75, 3.05) is 5.32 Å². The molecule has 2 aliphatic rings. The van der Waals surface area contributed by atoms with E-state index in [9.17, 15) is 4.79 Å². The molecule has 0 amide bonds. The van der Waals surface area contributed by atoms with Crippen molar-refractivity contribution in [3.63, 3.8) is 0 Å². The SMILES string of the molecule is CC(C)Nc1nc(C2=CCc3ccc(-c4cncc(C5CC5)n4)cc32)cc(=O)[nH]1. The van der Waals surface area contributed by atoms with Gasteiger partial charge in [-0.2, -0.15) is 0 Å². The van der Waals surface area contributed by atoms with Crippen LogP contribution in [0, 0.1) is 0 Å². The maximum absolute atomic E-state index is 12.2. The molecule has 6 heteroatoms. The van der Waals surface area contributed by atoms with Crippen molar-refractivity contribution >= 4 is 11.5 Å². The summed E-state index contributed by atoms with van der Waals surface area (Å²) in [5.74, 6) is 1.07. The Labute approximate surface area is 169 Å². The Morgan fingerprint density at radius 1 is 1.10 bits per heavy atom. The van der Waals surface area contributed by atoms with Crippen LogP contribution >= 0.6 is 0 Å². The van der Waals surface area contributed by atoms with Crippen molar-refractivity contribution in [1.29, 1.82) is 0 Å². The fourth-order valence-corrected chi connectivity index (χ4v) is 3.76. The zero-order valence-corrected chi connectivity index (χ0v) is 16.6. The van der Waals surface area contributed by atoms with Crippen molar-refractivity contribution in [2.45, 2.75) is 45.1 Å². The third-order valence-electron chi connectivity index (χ3n) is 5.31. The van der Waals surface area contributed by atoms with Gasteiger partial charge in [-0.25, -0.2) is 9.97 Å². The molecule has 0 atom stereocenters. The maximum Gasteiger partial charge on any atom is 0.252 e. The summed E-state index contributed by atoms with van der Waals surface area (Å²) in [6.45, 7) is 4.03. The third-order valence-corrected chi connectivity index (χ3v) is 5.31. The maximum atomic E-state index is 12.2. The quantitative estimate of drug-likeness (QED) is 0.696. The molecule has 0 spiro atoms. The molecule has 2 N–H and O–H groups in total. The molecule has 0 saturated heterocycles. The van der Waals surface area contributed by atoms with Gasteiger partial charge in [0.15, 0.2) is 0 Å². The van der Waals surface area contributed by atoms with E-state index < -0.39 is 0 Å². The molecule has 0 unspecified atom stereocenters. The summed E-state index contributed by atoms with van der Waals surface area (Å²) < 4.78 is 0. The molecule has 5 rings (SSSR count). The van der Waals surface area contributed by atoms with Crippen LogP contribution in [0.2, 0.25) is 0 Å². The van der Waals surface area contributed by atoms with Crippen LogP contribution in [0.25, 0.3) is 16.8 Å². The monoisotopic (exact) mass is 385 g/mol. The summed E-state index contributed by atoms with van der Waals surface area (Å²) in [5, 5.41) is 3.18. The topological polar surface area (TPSA) is 83.6 Å². The van der Waals surface area contributed by atoms with Crippen LogP contribution in [0.1, 0.15) is 55.1 Å². The smallest absolute Gasteiger partial charge is 0.252 e. The van der Waals surface area contributed by atoms with Gasteiger partial charge >= 0.3 is 0 Å². The van der Waals surface area contributed by atoms with Crippen LogP contribution in [-0.4, -0.2) is 26.0 Å². The molecule has 0 bridgehead atoms. The van der Waals surface area contributed by atoms with Gasteiger partial charge in [0.25, 0.3) is 5.56 Å². The number of anilines is 1. The summed E-state index contributed by atoms with van der Waals surface area (Å²) in [5.41, 5.74) is 6.87. The molecule has 0 aliphatic heterocycles. The number of nitrogens with zero attached hydrogens (tertiary/aromatic N) is 3. The average molecular weight is 385 g/mol. The molecule has 1 fully saturated rings. The summed E-state index contributed by atoms with van der Waals surface area (Å²) in [4.78, 5) is 28.8. The molecule has 2 aliphatic carbocycles. The molecule has 1 aromatic carbocycles. The largest absolute Gasteiger partial charge is 0.354 e. The summed E-state index contributed by atoms with van der Waals surface area (Å²) in [6.07, 6.45) is 9.08. The van der Waals surface area contributed by atoms with Gasteiger partial charge < -0.3 is 5.32 Å². The predicted octanol–water partition coefficient (Wildman–Crippen LogP) is 3.91. The van der Waals surface area contributed by atoms with Crippen LogP contribution in [0.15, 0.2) is 47.5 Å². The molecular formula is C23H23N5O. The summed E-state index contributed by atoms with van der Waals surface area (Å²) in [7, 11) is 0. The van der Waals surface area contributed by atoms with Gasteiger partial charge in [-0.15, -0.1) is 0 Å². The molecule has 2 heterocycles. The Morgan fingerprint density at radius 3 is 2.76 bits per heavy atom. The zero-order chi connectivity index (χ0) is 20.0. The highest BCUT2D eigenvalue weighted by Crippen LogP contribution is 2.39. The molecule has 1 saturated carbocycles. The molecule has 29 heavy (non-hydrogen) atoms. The molecule has 3 aromatic rings. The van der Waals surface area contributed by atoms with Crippen molar-refractivity contribution < 1.29 is 0 Å². The lowest BCUT2D eigenvalue weighted by Crippen LogP contribution is -2.18. The first-order chi connectivity index (χ1) is 14.1. The molecule has 0 radical (unpaired) electrons. The molecular weight excluding hydrogens is 362 g/mol. The highest BCUT2D eigenvalue weighted by atomic mass is 16.1. The van der Waals surface area contributed by atoms with Gasteiger partial charge in [-0.1, -0.05) is 18.2 Å². The van der Waals surface area contributed by atoms with Gasteiger partial charge in [0.05, 0.1) is 23.3 Å². The lowest BCUT2D eigenvalue weighted by Gasteiger charge is -2.12. The van der Waals surface area contributed by atoms with Gasteiger partial charge in [0, 0.05) is 35.4 Å². The first-order valence-electron chi connectivity index (χ1n) is 10.1. The van der Waals surface area contributed by atoms with E-state index in [1.807, 2.05) is 26.2 Å². The number of nitrogens with one attached hydrogen (secondary N) is 2. The Kier molecular flexibility index (Phi) is 4.27. The lowest BCUT2D eigenvalue weighted by molar-refractivity contribution is 0.869. The number of hydrogen-bond acceptors (Lipinski definition) is 5. The molecule has 6 nitrogen and oxygen atoms in total. The first-order valence-corrected chi connectivity index (χ1v) is 10.1. The summed E-state index contributed by atoms with van der Waals surface area (Å²) >= 11 is 0. The normalized spacial score (nSPS) is 15.3. The highest BCUT2D eigenvalue weighted by Gasteiger charge is 2.26. The minimum atomic E-state index is -0.161. The molecule has 146 valence electrons. The van der Waals surface area contributed by atoms with Crippen LogP contribution in [0.5, 0.6) is 0 Å². The number of rotatable bonds is 5. The minimum Gasteiger partial charge on any atom is -0.354 e. The Hall–Kier alpha value is -3.28. The first kappa shape index (κ1) is 17.8. The van der Waals surface area contributed by atoms with Gasteiger partial charge in [-0.05, 0) is 50.3 Å².